The summed E-state index contributed by atoms with van der Waals surface area (Å²) in [5.74, 6) is 0.251. The van der Waals surface area contributed by atoms with Crippen molar-refractivity contribution in [3.05, 3.63) is 70.6 Å². The van der Waals surface area contributed by atoms with Gasteiger partial charge in [0.05, 0.1) is 12.2 Å². The molecule has 0 aliphatic carbocycles. The molecule has 2 aromatic carbocycles. The summed E-state index contributed by atoms with van der Waals surface area (Å²) in [4.78, 5) is 15.3. The third kappa shape index (κ3) is 3.53. The van der Waals surface area contributed by atoms with Gasteiger partial charge in [-0.3, -0.25) is 4.85 Å². The molecular formula is C19H16N2O3. The van der Waals surface area contributed by atoms with Crippen LogP contribution in [0.4, 0.5) is 0 Å². The Morgan fingerprint density at radius 3 is 2.58 bits per heavy atom. The number of hydrogen-bond acceptors (Lipinski definition) is 4. The van der Waals surface area contributed by atoms with Gasteiger partial charge in [0.25, 0.3) is 0 Å². The lowest BCUT2D eigenvalue weighted by Gasteiger charge is -2.13. The molecule has 0 N–H and O–H groups in total. The Morgan fingerprint density at radius 2 is 1.96 bits per heavy atom. The summed E-state index contributed by atoms with van der Waals surface area (Å²) in [5, 5.41) is 9.52. The van der Waals surface area contributed by atoms with Crippen molar-refractivity contribution in [2.24, 2.45) is 0 Å². The van der Waals surface area contributed by atoms with Gasteiger partial charge in [-0.1, -0.05) is 24.3 Å². The monoisotopic (exact) mass is 320 g/mol. The van der Waals surface area contributed by atoms with Crippen LogP contribution in [0.3, 0.4) is 0 Å². The van der Waals surface area contributed by atoms with E-state index in [-0.39, 0.29) is 17.7 Å². The first kappa shape index (κ1) is 17.1. The number of aryl methyl sites for hydroxylation is 1. The molecule has 0 fully saturated rings. The summed E-state index contributed by atoms with van der Waals surface area (Å²) >= 11 is 0. The van der Waals surface area contributed by atoms with Crippen LogP contribution >= 0.6 is 0 Å². The molecule has 1 atom stereocenters. The van der Waals surface area contributed by atoms with Crippen molar-refractivity contribution in [3.63, 3.8) is 0 Å². The fourth-order valence-electron chi connectivity index (χ4n) is 2.24. The summed E-state index contributed by atoms with van der Waals surface area (Å²) < 4.78 is 10.8. The minimum Gasteiger partial charge on any atom is -0.460 e. The second-order valence-corrected chi connectivity index (χ2v) is 4.98. The van der Waals surface area contributed by atoms with Gasteiger partial charge in [-0.05, 0) is 37.6 Å². The van der Waals surface area contributed by atoms with E-state index in [2.05, 4.69) is 4.85 Å². The molecule has 0 saturated carbocycles. The van der Waals surface area contributed by atoms with E-state index in [1.54, 1.807) is 31.2 Å². The summed E-state index contributed by atoms with van der Waals surface area (Å²) in [5.41, 5.74) is 1.37. The highest BCUT2D eigenvalue weighted by Gasteiger charge is 2.31. The molecule has 0 aliphatic heterocycles. The van der Waals surface area contributed by atoms with Crippen LogP contribution in [0.2, 0.25) is 0 Å². The zero-order valence-corrected chi connectivity index (χ0v) is 13.4. The lowest BCUT2D eigenvalue weighted by atomic mass is 10.0. The molecule has 120 valence electrons. The first-order valence-electron chi connectivity index (χ1n) is 7.42. The third-order valence-electron chi connectivity index (χ3n) is 3.42. The summed E-state index contributed by atoms with van der Waals surface area (Å²) in [7, 11) is 0. The van der Waals surface area contributed by atoms with Crippen LogP contribution in [0.25, 0.3) is 4.85 Å². The van der Waals surface area contributed by atoms with Gasteiger partial charge in [0, 0.05) is 0 Å². The number of nitrogens with zero attached hydrogens (tertiary/aromatic N) is 2. The highest BCUT2D eigenvalue weighted by atomic mass is 16.5. The Hall–Kier alpha value is -3.31. The van der Waals surface area contributed by atoms with Gasteiger partial charge >= 0.3 is 12.0 Å². The first-order valence-corrected chi connectivity index (χ1v) is 7.42. The molecule has 1 unspecified atom stereocenters. The van der Waals surface area contributed by atoms with Gasteiger partial charge in [-0.15, -0.1) is 0 Å². The number of nitriles is 1. The zero-order valence-electron chi connectivity index (χ0n) is 13.4. The maximum atomic E-state index is 12.0. The molecule has 2 rings (SSSR count). The molecule has 0 aliphatic rings. The van der Waals surface area contributed by atoms with E-state index < -0.39 is 12.0 Å². The predicted octanol–water partition coefficient (Wildman–Crippen LogP) is 4.18. The van der Waals surface area contributed by atoms with E-state index in [1.165, 1.54) is 0 Å². The second kappa shape index (κ2) is 7.80. The lowest BCUT2D eigenvalue weighted by Crippen LogP contribution is -2.14. The Labute approximate surface area is 140 Å². The maximum Gasteiger partial charge on any atom is 0.395 e. The molecule has 0 radical (unpaired) electrons. The number of esters is 1. The molecule has 0 heterocycles. The fraction of sp³-hybridized carbons (Fsp3) is 0.211. The molecule has 0 spiro atoms. The summed E-state index contributed by atoms with van der Waals surface area (Å²) in [6.07, 6.45) is 0. The van der Waals surface area contributed by atoms with Crippen molar-refractivity contribution in [3.8, 4) is 17.6 Å². The Morgan fingerprint density at radius 1 is 1.25 bits per heavy atom. The minimum absolute atomic E-state index is 0.162. The summed E-state index contributed by atoms with van der Waals surface area (Å²) in [6, 6.07) is 13.1. The highest BCUT2D eigenvalue weighted by Crippen LogP contribution is 2.33. The van der Waals surface area contributed by atoms with Gasteiger partial charge in [0.1, 0.15) is 23.1 Å². The maximum absolute atomic E-state index is 12.0. The van der Waals surface area contributed by atoms with Gasteiger partial charge in [-0.25, -0.2) is 11.4 Å². The summed E-state index contributed by atoms with van der Waals surface area (Å²) in [6.45, 7) is 11.0. The lowest BCUT2D eigenvalue weighted by molar-refractivity contribution is -0.143. The van der Waals surface area contributed by atoms with Crippen molar-refractivity contribution in [2.75, 3.05) is 6.61 Å². The molecule has 2 aromatic rings. The highest BCUT2D eigenvalue weighted by molar-refractivity contribution is 5.81. The zero-order chi connectivity index (χ0) is 17.5. The van der Waals surface area contributed by atoms with E-state index in [0.29, 0.717) is 11.5 Å². The van der Waals surface area contributed by atoms with Crippen molar-refractivity contribution in [2.45, 2.75) is 19.9 Å². The van der Waals surface area contributed by atoms with Gasteiger partial charge in [0.15, 0.2) is 0 Å². The minimum atomic E-state index is -1.18. The first-order chi connectivity index (χ1) is 11.6. The molecule has 0 amide bonds. The average Bonchev–Trinajstić information content (AvgIpc) is 2.58. The van der Waals surface area contributed by atoms with Crippen LogP contribution in [-0.2, 0) is 9.53 Å². The Kier molecular flexibility index (Phi) is 5.54. The van der Waals surface area contributed by atoms with Crippen molar-refractivity contribution in [1.82, 2.24) is 0 Å². The van der Waals surface area contributed by atoms with Crippen LogP contribution in [0.15, 0.2) is 42.5 Å². The standard InChI is InChI=1S/C19H16N2O3/c1-4-23-19(22)18(21-3)14-9-7-11-17(15(14)12-20)24-16-10-6-5-8-13(16)2/h5-11,18H,4H2,1-2H3. The van der Waals surface area contributed by atoms with E-state index >= 15 is 0 Å². The topological polar surface area (TPSA) is 63.7 Å². The van der Waals surface area contributed by atoms with E-state index in [1.807, 2.05) is 31.2 Å². The Bertz CT molecular complexity index is 831. The molecule has 0 aromatic heterocycles. The predicted molar refractivity (Wildman–Crippen MR) is 88.4 cm³/mol. The van der Waals surface area contributed by atoms with E-state index in [4.69, 9.17) is 16.0 Å². The molecular weight excluding hydrogens is 304 g/mol. The number of hydrogen-bond donors (Lipinski definition) is 0. The number of ether oxygens (including phenoxy) is 2. The van der Waals surface area contributed by atoms with Crippen molar-refractivity contribution >= 4 is 5.97 Å². The van der Waals surface area contributed by atoms with Crippen LogP contribution in [0.5, 0.6) is 11.5 Å². The van der Waals surface area contributed by atoms with Crippen LogP contribution in [-0.4, -0.2) is 12.6 Å². The molecule has 0 saturated heterocycles. The van der Waals surface area contributed by atoms with Gasteiger partial charge < -0.3 is 9.47 Å². The number of rotatable bonds is 5. The average molecular weight is 320 g/mol. The Balaban J connectivity index is 2.46. The fourth-order valence-corrected chi connectivity index (χ4v) is 2.24. The molecule has 0 bridgehead atoms. The second-order valence-electron chi connectivity index (χ2n) is 4.98. The smallest absolute Gasteiger partial charge is 0.395 e. The SMILES string of the molecule is [C-]#[N+]C(C(=O)OCC)c1cccc(Oc2ccccc2C)c1C#N. The van der Waals surface area contributed by atoms with Crippen molar-refractivity contribution < 1.29 is 14.3 Å². The van der Waals surface area contributed by atoms with E-state index in [9.17, 15) is 10.1 Å². The van der Waals surface area contributed by atoms with Crippen LogP contribution in [0, 0.1) is 24.8 Å². The molecule has 24 heavy (non-hydrogen) atoms. The van der Waals surface area contributed by atoms with Crippen LogP contribution in [0.1, 0.15) is 29.7 Å². The van der Waals surface area contributed by atoms with Crippen LogP contribution < -0.4 is 4.74 Å². The molecule has 5 heteroatoms. The molecule has 5 nitrogen and oxygen atoms in total. The quantitative estimate of drug-likeness (QED) is 0.612. The van der Waals surface area contributed by atoms with Crippen molar-refractivity contribution in [1.29, 1.82) is 5.26 Å². The normalized spacial score (nSPS) is 11.0. The third-order valence-corrected chi connectivity index (χ3v) is 3.42. The number of carbonyl (C=O) groups excluding carboxylic acids is 1. The number of para-hydroxylation sites is 1. The van der Waals surface area contributed by atoms with Gasteiger partial charge in [-0.2, -0.15) is 5.26 Å². The number of benzene rings is 2. The number of carbonyl (C=O) groups is 1. The van der Waals surface area contributed by atoms with E-state index in [0.717, 1.165) is 5.56 Å². The largest absolute Gasteiger partial charge is 0.460 e. The van der Waals surface area contributed by atoms with Gasteiger partial charge in [0.2, 0.25) is 0 Å².